The van der Waals surface area contributed by atoms with Crippen LogP contribution in [-0.2, 0) is 14.3 Å². The zero-order chi connectivity index (χ0) is 22.3. The molecule has 0 spiro atoms. The summed E-state index contributed by atoms with van der Waals surface area (Å²) in [6, 6.07) is 12.4. The lowest BCUT2D eigenvalue weighted by Crippen LogP contribution is -2.44. The van der Waals surface area contributed by atoms with Crippen molar-refractivity contribution in [3.8, 4) is 11.5 Å². The molecule has 0 heterocycles. The zero-order valence-corrected chi connectivity index (χ0v) is 17.4. The molecule has 0 fully saturated rings. The summed E-state index contributed by atoms with van der Waals surface area (Å²) in [6.07, 6.45) is 0.202. The monoisotopic (exact) mass is 412 g/mol. The number of hydrogen-bond acceptors (Lipinski definition) is 7. The number of para-hydroxylation sites is 2. The Hall–Kier alpha value is -3.48. The highest BCUT2D eigenvalue weighted by Crippen LogP contribution is 2.33. The summed E-state index contributed by atoms with van der Waals surface area (Å²) < 4.78 is 15.6. The van der Waals surface area contributed by atoms with Gasteiger partial charge >= 0.3 is 17.9 Å². The molecule has 0 aliphatic rings. The van der Waals surface area contributed by atoms with Crippen molar-refractivity contribution in [2.24, 2.45) is 5.41 Å². The van der Waals surface area contributed by atoms with Gasteiger partial charge in [-0.15, -0.1) is 0 Å². The van der Waals surface area contributed by atoms with Gasteiger partial charge < -0.3 is 14.2 Å². The van der Waals surface area contributed by atoms with Gasteiger partial charge in [0.05, 0.1) is 12.7 Å². The number of benzene rings is 2. The molecular formula is C23H24O7. The number of methoxy groups -OCH3 is 1. The highest BCUT2D eigenvalue weighted by Gasteiger charge is 2.47. The van der Waals surface area contributed by atoms with Crippen LogP contribution in [0.3, 0.4) is 0 Å². The molecule has 0 N–H and O–H groups in total. The molecule has 30 heavy (non-hydrogen) atoms. The fraction of sp³-hybridized carbons (Fsp3) is 0.304. The molecule has 7 heteroatoms. The van der Waals surface area contributed by atoms with Crippen LogP contribution in [0.25, 0.3) is 0 Å². The predicted molar refractivity (Wildman–Crippen MR) is 109 cm³/mol. The Balaban J connectivity index is 2.36. The molecule has 7 nitrogen and oxygen atoms in total. The van der Waals surface area contributed by atoms with E-state index in [4.69, 9.17) is 14.2 Å². The zero-order valence-electron chi connectivity index (χ0n) is 17.4. The second-order valence-corrected chi connectivity index (χ2v) is 6.61. The lowest BCUT2D eigenvalue weighted by atomic mass is 9.82. The van der Waals surface area contributed by atoms with Gasteiger partial charge in [0, 0.05) is 0 Å². The average molecular weight is 412 g/mol. The van der Waals surface area contributed by atoms with Crippen molar-refractivity contribution >= 4 is 23.7 Å². The van der Waals surface area contributed by atoms with Crippen molar-refractivity contribution in [1.29, 1.82) is 0 Å². The average Bonchev–Trinajstić information content (AvgIpc) is 2.75. The Morgan fingerprint density at radius 3 is 1.63 bits per heavy atom. The van der Waals surface area contributed by atoms with E-state index in [9.17, 15) is 19.2 Å². The van der Waals surface area contributed by atoms with Crippen molar-refractivity contribution in [2.75, 3.05) is 7.11 Å². The first-order chi connectivity index (χ1) is 14.3. The Morgan fingerprint density at radius 1 is 0.767 bits per heavy atom. The summed E-state index contributed by atoms with van der Waals surface area (Å²) in [5, 5.41) is 0. The number of esters is 3. The van der Waals surface area contributed by atoms with Gasteiger partial charge in [-0.1, -0.05) is 38.1 Å². The normalized spacial score (nSPS) is 10.8. The van der Waals surface area contributed by atoms with Gasteiger partial charge in [-0.2, -0.15) is 0 Å². The number of ether oxygens (including phenoxy) is 3. The number of rotatable bonds is 8. The smallest absolute Gasteiger partial charge is 0.341 e. The fourth-order valence-electron chi connectivity index (χ4n) is 2.99. The minimum Gasteiger partial charge on any atom is -0.465 e. The van der Waals surface area contributed by atoms with Gasteiger partial charge in [0.2, 0.25) is 0 Å². The minimum atomic E-state index is -1.62. The van der Waals surface area contributed by atoms with E-state index in [1.165, 1.54) is 38.3 Å². The molecular weight excluding hydrogens is 388 g/mol. The minimum absolute atomic E-state index is 0.0161. The molecule has 0 radical (unpaired) electrons. The van der Waals surface area contributed by atoms with E-state index < -0.39 is 23.3 Å². The van der Waals surface area contributed by atoms with E-state index in [0.717, 1.165) is 0 Å². The van der Waals surface area contributed by atoms with Crippen molar-refractivity contribution in [2.45, 2.75) is 33.6 Å². The predicted octanol–water partition coefficient (Wildman–Crippen LogP) is 3.99. The Morgan fingerprint density at radius 2 is 1.20 bits per heavy atom. The largest absolute Gasteiger partial charge is 0.465 e. The molecule has 158 valence electrons. The van der Waals surface area contributed by atoms with E-state index in [1.54, 1.807) is 38.1 Å². The molecule has 0 aromatic heterocycles. The van der Waals surface area contributed by atoms with Crippen LogP contribution in [0.1, 0.15) is 54.3 Å². The third-order valence-electron chi connectivity index (χ3n) is 4.95. The van der Waals surface area contributed by atoms with E-state index in [2.05, 4.69) is 0 Å². The number of carbonyl (C=O) groups excluding carboxylic acids is 4. The maximum atomic E-state index is 13.1. The highest BCUT2D eigenvalue weighted by molar-refractivity contribution is 6.04. The van der Waals surface area contributed by atoms with Crippen molar-refractivity contribution in [1.82, 2.24) is 0 Å². The Kier molecular flexibility index (Phi) is 7.47. The molecule has 2 aromatic carbocycles. The lowest BCUT2D eigenvalue weighted by Gasteiger charge is -2.27. The van der Waals surface area contributed by atoms with Gasteiger partial charge in [-0.3, -0.25) is 14.4 Å². The summed E-state index contributed by atoms with van der Waals surface area (Å²) >= 11 is 0. The van der Waals surface area contributed by atoms with Crippen LogP contribution in [0.5, 0.6) is 11.5 Å². The Bertz CT molecular complexity index is 958. The van der Waals surface area contributed by atoms with Crippen LogP contribution >= 0.6 is 0 Å². The van der Waals surface area contributed by atoms with Crippen LogP contribution in [0.15, 0.2) is 48.5 Å². The molecule has 2 rings (SSSR count). The summed E-state index contributed by atoms with van der Waals surface area (Å²) in [4.78, 5) is 49.9. The topological polar surface area (TPSA) is 96.0 Å². The SMILES string of the molecule is CCC(CC)(C(=O)Oc1ccccc1C(C)=O)C(=O)Oc1ccccc1C(=O)OC. The van der Waals surface area contributed by atoms with E-state index in [0.29, 0.717) is 0 Å². The van der Waals surface area contributed by atoms with Crippen LogP contribution in [-0.4, -0.2) is 30.8 Å². The molecule has 2 aromatic rings. The van der Waals surface area contributed by atoms with Crippen LogP contribution in [0, 0.1) is 5.41 Å². The standard InChI is InChI=1S/C23H24O7/c1-5-23(6-2,21(26)29-18-13-9-7-11-16(18)15(3)24)22(27)30-19-14-10-8-12-17(19)20(25)28-4/h7-14H,5-6H2,1-4H3. The van der Waals surface area contributed by atoms with E-state index in [-0.39, 0.29) is 41.3 Å². The van der Waals surface area contributed by atoms with Crippen LogP contribution in [0.2, 0.25) is 0 Å². The fourth-order valence-corrected chi connectivity index (χ4v) is 2.99. The molecule has 0 aliphatic heterocycles. The number of Topliss-reactive ketones (excluding diaryl/α,β-unsaturated/α-hetero) is 1. The van der Waals surface area contributed by atoms with Gasteiger partial charge in [0.1, 0.15) is 17.1 Å². The van der Waals surface area contributed by atoms with Crippen molar-refractivity contribution < 1.29 is 33.4 Å². The number of hydrogen-bond donors (Lipinski definition) is 0. The Labute approximate surface area is 174 Å². The summed E-state index contributed by atoms with van der Waals surface area (Å²) in [5.41, 5.74) is -1.33. The second-order valence-electron chi connectivity index (χ2n) is 6.61. The van der Waals surface area contributed by atoms with Gasteiger partial charge in [-0.25, -0.2) is 4.79 Å². The molecule has 0 atom stereocenters. The van der Waals surface area contributed by atoms with Crippen LogP contribution < -0.4 is 9.47 Å². The third-order valence-corrected chi connectivity index (χ3v) is 4.95. The summed E-state index contributed by atoms with van der Waals surface area (Å²) in [5.74, 6) is -2.57. The maximum Gasteiger partial charge on any atom is 0.341 e. The van der Waals surface area contributed by atoms with E-state index >= 15 is 0 Å². The van der Waals surface area contributed by atoms with Gasteiger partial charge in [0.25, 0.3) is 0 Å². The molecule has 0 unspecified atom stereocenters. The van der Waals surface area contributed by atoms with Crippen molar-refractivity contribution in [3.63, 3.8) is 0 Å². The first-order valence-corrected chi connectivity index (χ1v) is 9.52. The highest BCUT2D eigenvalue weighted by atomic mass is 16.6. The van der Waals surface area contributed by atoms with E-state index in [1.807, 2.05) is 0 Å². The molecule has 0 saturated carbocycles. The number of carbonyl (C=O) groups is 4. The summed E-state index contributed by atoms with van der Waals surface area (Å²) in [6.45, 7) is 4.68. The van der Waals surface area contributed by atoms with Crippen molar-refractivity contribution in [3.05, 3.63) is 59.7 Å². The maximum absolute atomic E-state index is 13.1. The quantitative estimate of drug-likeness (QED) is 0.280. The molecule has 0 aliphatic carbocycles. The molecule has 0 amide bonds. The van der Waals surface area contributed by atoms with Crippen LogP contribution in [0.4, 0.5) is 0 Å². The first-order valence-electron chi connectivity index (χ1n) is 9.52. The molecule has 0 bridgehead atoms. The lowest BCUT2D eigenvalue weighted by molar-refractivity contribution is -0.161. The molecule has 0 saturated heterocycles. The van der Waals surface area contributed by atoms with Gasteiger partial charge in [-0.05, 0) is 44.0 Å². The summed E-state index contributed by atoms with van der Waals surface area (Å²) in [7, 11) is 1.22. The third kappa shape index (κ3) is 4.56. The second kappa shape index (κ2) is 9.82. The first kappa shape index (κ1) is 22.8. The number of ketones is 1. The van der Waals surface area contributed by atoms with Gasteiger partial charge in [0.15, 0.2) is 11.2 Å².